The fourth-order valence-corrected chi connectivity index (χ4v) is 5.61. The van der Waals surface area contributed by atoms with Crippen molar-refractivity contribution in [2.75, 3.05) is 11.9 Å². The molecule has 1 atom stereocenters. The highest BCUT2D eigenvalue weighted by Crippen LogP contribution is 2.41. The van der Waals surface area contributed by atoms with E-state index in [1.165, 1.54) is 10.4 Å². The lowest BCUT2D eigenvalue weighted by Crippen LogP contribution is -2.39. The van der Waals surface area contributed by atoms with Crippen molar-refractivity contribution in [3.05, 3.63) is 62.7 Å². The zero-order valence-corrected chi connectivity index (χ0v) is 18.8. The van der Waals surface area contributed by atoms with Gasteiger partial charge in [-0.1, -0.05) is 23.7 Å². The maximum absolute atomic E-state index is 13.0. The lowest BCUT2D eigenvalue weighted by atomic mass is 10.0. The van der Waals surface area contributed by atoms with E-state index in [0.717, 1.165) is 47.0 Å². The minimum Gasteiger partial charge on any atom is -0.457 e. The quantitative estimate of drug-likeness (QED) is 0.556. The Kier molecular flexibility index (Phi) is 4.88. The molecule has 0 unspecified atom stereocenters. The number of anilines is 1. The van der Waals surface area contributed by atoms with E-state index < -0.39 is 0 Å². The summed E-state index contributed by atoms with van der Waals surface area (Å²) in [5.41, 5.74) is 3.95. The number of amides is 1. The highest BCUT2D eigenvalue weighted by molar-refractivity contribution is 7.16. The summed E-state index contributed by atoms with van der Waals surface area (Å²) in [7, 11) is 0. The topological polar surface area (TPSA) is 57.5 Å². The number of hydrogen-bond donors (Lipinski definition) is 2. The van der Waals surface area contributed by atoms with Gasteiger partial charge in [0.25, 0.3) is 5.91 Å². The summed E-state index contributed by atoms with van der Waals surface area (Å²) in [5.74, 6) is 1.38. The largest absolute Gasteiger partial charge is 0.457 e. The number of nitrogens with zero attached hydrogens (tertiary/aromatic N) is 1. The number of carbonyl (C=O) groups excluding carboxylic acids is 1. The SMILES string of the molecule is Cc1ccc(-c2ccc([C@@H]3NC(=O)c4c(sc5c4CCN(C(C)C)C5)N3)o2)cc1Cl. The van der Waals surface area contributed by atoms with E-state index in [1.54, 1.807) is 11.3 Å². The maximum Gasteiger partial charge on any atom is 0.256 e. The fraction of sp³-hybridized carbons (Fsp3) is 0.348. The highest BCUT2D eigenvalue weighted by atomic mass is 35.5. The molecule has 3 aromatic rings. The van der Waals surface area contributed by atoms with Gasteiger partial charge in [0.15, 0.2) is 6.17 Å². The molecule has 0 spiro atoms. The molecule has 1 aromatic carbocycles. The monoisotopic (exact) mass is 441 g/mol. The first kappa shape index (κ1) is 19.7. The van der Waals surface area contributed by atoms with Crippen LogP contribution in [0.2, 0.25) is 5.02 Å². The van der Waals surface area contributed by atoms with Crippen LogP contribution >= 0.6 is 22.9 Å². The Morgan fingerprint density at radius 3 is 2.83 bits per heavy atom. The molecular weight excluding hydrogens is 418 g/mol. The number of rotatable bonds is 3. The van der Waals surface area contributed by atoms with Crippen LogP contribution in [0.4, 0.5) is 5.00 Å². The van der Waals surface area contributed by atoms with Gasteiger partial charge in [-0.25, -0.2) is 0 Å². The number of nitrogens with one attached hydrogen (secondary N) is 2. The molecule has 4 heterocycles. The molecule has 1 amide bonds. The molecule has 0 saturated heterocycles. The summed E-state index contributed by atoms with van der Waals surface area (Å²) in [5, 5.41) is 8.19. The number of fused-ring (bicyclic) bond motifs is 3. The van der Waals surface area contributed by atoms with Crippen LogP contribution in [-0.4, -0.2) is 23.4 Å². The van der Waals surface area contributed by atoms with Crippen molar-refractivity contribution in [1.29, 1.82) is 0 Å². The zero-order chi connectivity index (χ0) is 21.0. The van der Waals surface area contributed by atoms with Crippen molar-refractivity contribution in [2.24, 2.45) is 0 Å². The number of thiophene rings is 1. The Labute approximate surface area is 185 Å². The van der Waals surface area contributed by atoms with Crippen molar-refractivity contribution in [3.8, 4) is 11.3 Å². The first-order chi connectivity index (χ1) is 14.4. The summed E-state index contributed by atoms with van der Waals surface area (Å²) in [6, 6.07) is 10.2. The minimum absolute atomic E-state index is 0.0272. The second-order valence-corrected chi connectivity index (χ2v) is 9.75. The van der Waals surface area contributed by atoms with E-state index in [0.29, 0.717) is 16.8 Å². The van der Waals surface area contributed by atoms with Crippen LogP contribution in [-0.2, 0) is 13.0 Å². The molecule has 2 N–H and O–H groups in total. The van der Waals surface area contributed by atoms with Gasteiger partial charge in [0.2, 0.25) is 0 Å². The van der Waals surface area contributed by atoms with Gasteiger partial charge in [-0.3, -0.25) is 9.69 Å². The van der Waals surface area contributed by atoms with Crippen LogP contribution in [0.25, 0.3) is 11.3 Å². The Hall–Kier alpha value is -2.28. The molecule has 0 bridgehead atoms. The van der Waals surface area contributed by atoms with Crippen molar-refractivity contribution >= 4 is 33.8 Å². The summed E-state index contributed by atoms with van der Waals surface area (Å²) >= 11 is 7.96. The molecule has 0 radical (unpaired) electrons. The van der Waals surface area contributed by atoms with Gasteiger partial charge >= 0.3 is 0 Å². The molecular formula is C23H24ClN3O2S. The van der Waals surface area contributed by atoms with Crippen LogP contribution in [0, 0.1) is 6.92 Å². The first-order valence-corrected chi connectivity index (χ1v) is 11.4. The second-order valence-electron chi connectivity index (χ2n) is 8.24. The molecule has 2 aliphatic heterocycles. The van der Waals surface area contributed by atoms with E-state index in [9.17, 15) is 4.79 Å². The molecule has 0 fully saturated rings. The van der Waals surface area contributed by atoms with Gasteiger partial charge in [-0.05, 0) is 56.5 Å². The molecule has 5 nitrogen and oxygen atoms in total. The third-order valence-electron chi connectivity index (χ3n) is 5.96. The number of furan rings is 1. The molecule has 2 aromatic heterocycles. The number of halogens is 1. The predicted octanol–water partition coefficient (Wildman–Crippen LogP) is 5.59. The average Bonchev–Trinajstić information content (AvgIpc) is 3.34. The van der Waals surface area contributed by atoms with Gasteiger partial charge in [0, 0.05) is 34.6 Å². The Bertz CT molecular complexity index is 1130. The second kappa shape index (κ2) is 7.45. The third kappa shape index (κ3) is 3.33. The fourth-order valence-electron chi connectivity index (χ4n) is 4.13. The van der Waals surface area contributed by atoms with Crippen molar-refractivity contribution < 1.29 is 9.21 Å². The lowest BCUT2D eigenvalue weighted by molar-refractivity contribution is 0.0930. The molecule has 156 valence electrons. The van der Waals surface area contributed by atoms with E-state index in [4.69, 9.17) is 16.0 Å². The predicted molar refractivity (Wildman–Crippen MR) is 121 cm³/mol. The zero-order valence-electron chi connectivity index (χ0n) is 17.2. The van der Waals surface area contributed by atoms with Gasteiger partial charge in [-0.15, -0.1) is 11.3 Å². The van der Waals surface area contributed by atoms with E-state index >= 15 is 0 Å². The van der Waals surface area contributed by atoms with E-state index in [2.05, 4.69) is 29.4 Å². The molecule has 7 heteroatoms. The summed E-state index contributed by atoms with van der Waals surface area (Å²) in [4.78, 5) is 16.7. The first-order valence-electron chi connectivity index (χ1n) is 10.2. The highest BCUT2D eigenvalue weighted by Gasteiger charge is 2.34. The standard InChI is InChI=1S/C23H24ClN3O2S/c1-12(2)27-9-8-15-19(11-27)30-23-20(15)22(28)25-21(26-23)18-7-6-17(29-18)14-5-4-13(3)16(24)10-14/h4-7,10,12,21,26H,8-9,11H2,1-3H3,(H,25,28)/t21-/m1/s1. The molecule has 30 heavy (non-hydrogen) atoms. The van der Waals surface area contributed by atoms with Gasteiger partial charge in [-0.2, -0.15) is 0 Å². The molecule has 5 rings (SSSR count). The van der Waals surface area contributed by atoms with Crippen LogP contribution in [0.15, 0.2) is 34.7 Å². The third-order valence-corrected chi connectivity index (χ3v) is 7.52. The van der Waals surface area contributed by atoms with Gasteiger partial charge < -0.3 is 15.1 Å². The maximum atomic E-state index is 13.0. The molecule has 2 aliphatic rings. The van der Waals surface area contributed by atoms with Crippen LogP contribution in [0.5, 0.6) is 0 Å². The van der Waals surface area contributed by atoms with Gasteiger partial charge in [0.05, 0.1) is 5.56 Å². The molecule has 0 saturated carbocycles. The van der Waals surface area contributed by atoms with Crippen molar-refractivity contribution in [1.82, 2.24) is 10.2 Å². The smallest absolute Gasteiger partial charge is 0.256 e. The average molecular weight is 442 g/mol. The number of benzene rings is 1. The van der Waals surface area contributed by atoms with Crippen molar-refractivity contribution in [2.45, 2.75) is 45.9 Å². The van der Waals surface area contributed by atoms with Gasteiger partial charge in [0.1, 0.15) is 16.5 Å². The Balaban J connectivity index is 1.41. The number of hydrogen-bond acceptors (Lipinski definition) is 5. The van der Waals surface area contributed by atoms with Crippen LogP contribution in [0.3, 0.4) is 0 Å². The van der Waals surface area contributed by atoms with E-state index in [-0.39, 0.29) is 12.1 Å². The normalized spacial score (nSPS) is 18.7. The minimum atomic E-state index is -0.388. The number of aryl methyl sites for hydroxylation is 1. The summed E-state index contributed by atoms with van der Waals surface area (Å²) in [6.07, 6.45) is 0.527. The van der Waals surface area contributed by atoms with Crippen LogP contribution in [0.1, 0.15) is 52.1 Å². The molecule has 0 aliphatic carbocycles. The van der Waals surface area contributed by atoms with Crippen LogP contribution < -0.4 is 10.6 Å². The lowest BCUT2D eigenvalue weighted by Gasteiger charge is -2.30. The number of carbonyl (C=O) groups is 1. The van der Waals surface area contributed by atoms with E-state index in [1.807, 2.05) is 37.3 Å². The summed E-state index contributed by atoms with van der Waals surface area (Å²) in [6.45, 7) is 8.30. The Morgan fingerprint density at radius 1 is 1.23 bits per heavy atom. The Morgan fingerprint density at radius 2 is 2.07 bits per heavy atom. The van der Waals surface area contributed by atoms with Crippen molar-refractivity contribution in [3.63, 3.8) is 0 Å². The summed E-state index contributed by atoms with van der Waals surface area (Å²) < 4.78 is 6.08.